The molecule has 138 valence electrons. The first kappa shape index (κ1) is 16.9. The predicted octanol–water partition coefficient (Wildman–Crippen LogP) is 2.65. The van der Waals surface area contributed by atoms with Gasteiger partial charge in [0.05, 0.1) is 5.69 Å². The Bertz CT molecular complexity index is 857. The van der Waals surface area contributed by atoms with Crippen LogP contribution in [0.25, 0.3) is 11.3 Å². The minimum atomic E-state index is -0.925. The lowest BCUT2D eigenvalue weighted by Gasteiger charge is -2.19. The second kappa shape index (κ2) is 6.63. The summed E-state index contributed by atoms with van der Waals surface area (Å²) in [5.41, 5.74) is 3.45. The van der Waals surface area contributed by atoms with Crippen LogP contribution in [0.4, 0.5) is 0 Å². The highest BCUT2D eigenvalue weighted by molar-refractivity contribution is 5.95. The van der Waals surface area contributed by atoms with Crippen LogP contribution in [0, 0.1) is 6.92 Å². The number of carbonyl (C=O) groups is 2. The van der Waals surface area contributed by atoms with E-state index in [0.29, 0.717) is 12.2 Å². The lowest BCUT2D eigenvalue weighted by atomic mass is 9.93. The number of fused-ring (bicyclic) bond motifs is 3. The molecule has 0 unspecified atom stereocenters. The van der Waals surface area contributed by atoms with Gasteiger partial charge in [-0.2, -0.15) is 5.10 Å². The number of hydrogen-bond donors (Lipinski definition) is 1. The number of furan rings is 1. The Labute approximate surface area is 151 Å². The van der Waals surface area contributed by atoms with Crippen molar-refractivity contribution in [3.8, 4) is 11.3 Å². The number of aryl methyl sites for hydroxylation is 2. The maximum Gasteiger partial charge on any atom is 0.325 e. The number of carbonyl (C=O) groups excluding carboxylic acids is 1. The molecule has 3 heterocycles. The molecule has 2 aliphatic rings. The summed E-state index contributed by atoms with van der Waals surface area (Å²) in [5, 5.41) is 13.4. The van der Waals surface area contributed by atoms with Crippen molar-refractivity contribution in [2.24, 2.45) is 0 Å². The van der Waals surface area contributed by atoms with Crippen molar-refractivity contribution >= 4 is 11.9 Å². The zero-order valence-corrected chi connectivity index (χ0v) is 15.0. The Morgan fingerprint density at radius 3 is 2.62 bits per heavy atom. The molecule has 1 aliphatic heterocycles. The summed E-state index contributed by atoms with van der Waals surface area (Å²) in [4.78, 5) is 25.8. The molecule has 2 aromatic rings. The number of carboxylic acid groups (broad SMARTS) is 1. The topological polar surface area (TPSA) is 88.6 Å². The molecule has 1 amide bonds. The summed E-state index contributed by atoms with van der Waals surface area (Å²) in [6.07, 6.45) is 7.64. The van der Waals surface area contributed by atoms with Gasteiger partial charge in [0.25, 0.3) is 5.91 Å². The van der Waals surface area contributed by atoms with E-state index >= 15 is 0 Å². The van der Waals surface area contributed by atoms with E-state index in [1.807, 2.05) is 11.8 Å². The molecule has 0 spiro atoms. The largest absolute Gasteiger partial charge is 0.480 e. The normalized spacial score (nSPS) is 16.7. The Morgan fingerprint density at radius 2 is 1.92 bits per heavy atom. The van der Waals surface area contributed by atoms with Gasteiger partial charge < -0.3 is 14.4 Å². The molecule has 4 rings (SSSR count). The van der Waals surface area contributed by atoms with Crippen LogP contribution < -0.4 is 0 Å². The van der Waals surface area contributed by atoms with Gasteiger partial charge in [-0.1, -0.05) is 12.8 Å². The van der Waals surface area contributed by atoms with Crippen molar-refractivity contribution in [3.63, 3.8) is 0 Å². The van der Waals surface area contributed by atoms with Crippen LogP contribution in [0.3, 0.4) is 0 Å². The number of hydrogen-bond acceptors (Lipinski definition) is 4. The zero-order chi connectivity index (χ0) is 18.3. The number of amides is 1. The molecule has 7 heteroatoms. The van der Waals surface area contributed by atoms with Gasteiger partial charge in [0.2, 0.25) is 0 Å². The third-order valence-corrected chi connectivity index (χ3v) is 5.30. The Balaban J connectivity index is 1.68. The Hall–Kier alpha value is -2.57. The number of likely N-dealkylation sites (tertiary alicyclic amines) is 1. The van der Waals surface area contributed by atoms with E-state index < -0.39 is 5.97 Å². The highest BCUT2D eigenvalue weighted by atomic mass is 16.4. The minimum absolute atomic E-state index is 0.0367. The maximum absolute atomic E-state index is 13.0. The highest BCUT2D eigenvalue weighted by Crippen LogP contribution is 2.38. The number of carboxylic acids is 1. The van der Waals surface area contributed by atoms with Gasteiger partial charge >= 0.3 is 5.97 Å². The van der Waals surface area contributed by atoms with Gasteiger partial charge in [0, 0.05) is 36.8 Å². The standard InChI is InChI=1S/C19H23N3O4/c1-12-16-14(7-6-13-10-22(11-15(23)24)20-17(13)16)26-18(12)19(25)21-8-4-2-3-5-9-21/h10H,2-9,11H2,1H3,(H,23,24). The molecule has 0 bridgehead atoms. The molecule has 0 saturated carbocycles. The van der Waals surface area contributed by atoms with Gasteiger partial charge in [0.15, 0.2) is 5.76 Å². The summed E-state index contributed by atoms with van der Waals surface area (Å²) in [5.74, 6) is 0.239. The molecule has 0 aromatic carbocycles. The minimum Gasteiger partial charge on any atom is -0.480 e. The summed E-state index contributed by atoms with van der Waals surface area (Å²) in [7, 11) is 0. The molecule has 1 N–H and O–H groups in total. The summed E-state index contributed by atoms with van der Waals surface area (Å²) >= 11 is 0. The fourth-order valence-corrected chi connectivity index (χ4v) is 4.00. The van der Waals surface area contributed by atoms with Crippen LogP contribution in [0.2, 0.25) is 0 Å². The lowest BCUT2D eigenvalue weighted by molar-refractivity contribution is -0.137. The summed E-state index contributed by atoms with van der Waals surface area (Å²) < 4.78 is 7.43. The molecular formula is C19H23N3O4. The fourth-order valence-electron chi connectivity index (χ4n) is 4.00. The van der Waals surface area contributed by atoms with Crippen molar-refractivity contribution in [2.75, 3.05) is 13.1 Å². The number of aliphatic carboxylic acids is 1. The van der Waals surface area contributed by atoms with E-state index in [1.54, 1.807) is 6.20 Å². The highest BCUT2D eigenvalue weighted by Gasteiger charge is 2.31. The van der Waals surface area contributed by atoms with Gasteiger partial charge in [-0.25, -0.2) is 0 Å². The zero-order valence-electron chi connectivity index (χ0n) is 15.0. The van der Waals surface area contributed by atoms with Crippen molar-refractivity contribution in [3.05, 3.63) is 28.8 Å². The van der Waals surface area contributed by atoms with Gasteiger partial charge in [0.1, 0.15) is 12.3 Å². The molecule has 1 aliphatic carbocycles. The van der Waals surface area contributed by atoms with Gasteiger partial charge in [-0.15, -0.1) is 0 Å². The molecule has 1 fully saturated rings. The van der Waals surface area contributed by atoms with E-state index in [0.717, 1.165) is 60.5 Å². The smallest absolute Gasteiger partial charge is 0.325 e. The second-order valence-electron chi connectivity index (χ2n) is 7.16. The molecular weight excluding hydrogens is 334 g/mol. The van der Waals surface area contributed by atoms with Crippen LogP contribution in [-0.2, 0) is 24.2 Å². The van der Waals surface area contributed by atoms with Gasteiger partial charge in [-0.05, 0) is 31.7 Å². The number of rotatable bonds is 3. The Kier molecular flexibility index (Phi) is 4.30. The van der Waals surface area contributed by atoms with Crippen LogP contribution in [0.5, 0.6) is 0 Å². The fraction of sp³-hybridized carbons (Fsp3) is 0.526. The van der Waals surface area contributed by atoms with Crippen LogP contribution >= 0.6 is 0 Å². The molecule has 0 atom stereocenters. The van der Waals surface area contributed by atoms with E-state index in [9.17, 15) is 9.59 Å². The molecule has 7 nitrogen and oxygen atoms in total. The third kappa shape index (κ3) is 2.91. The SMILES string of the molecule is Cc1c(C(=O)N2CCCCCC2)oc2c1-c1nn(CC(=O)O)cc1CC2. The van der Waals surface area contributed by atoms with Crippen molar-refractivity contribution in [1.82, 2.24) is 14.7 Å². The third-order valence-electron chi connectivity index (χ3n) is 5.30. The monoisotopic (exact) mass is 357 g/mol. The molecule has 2 aromatic heterocycles. The van der Waals surface area contributed by atoms with E-state index in [2.05, 4.69) is 5.10 Å². The predicted molar refractivity (Wildman–Crippen MR) is 94.1 cm³/mol. The van der Waals surface area contributed by atoms with Crippen molar-refractivity contribution in [1.29, 1.82) is 0 Å². The summed E-state index contributed by atoms with van der Waals surface area (Å²) in [6, 6.07) is 0. The van der Waals surface area contributed by atoms with E-state index in [4.69, 9.17) is 9.52 Å². The first-order chi connectivity index (χ1) is 12.5. The summed E-state index contributed by atoms with van der Waals surface area (Å²) in [6.45, 7) is 3.29. The van der Waals surface area contributed by atoms with Crippen LogP contribution in [-0.4, -0.2) is 44.8 Å². The molecule has 0 radical (unpaired) electrons. The second-order valence-corrected chi connectivity index (χ2v) is 7.16. The van der Waals surface area contributed by atoms with Crippen LogP contribution in [0.15, 0.2) is 10.6 Å². The van der Waals surface area contributed by atoms with Crippen molar-refractivity contribution in [2.45, 2.75) is 52.0 Å². The number of nitrogens with zero attached hydrogens (tertiary/aromatic N) is 3. The Morgan fingerprint density at radius 1 is 1.19 bits per heavy atom. The first-order valence-electron chi connectivity index (χ1n) is 9.24. The van der Waals surface area contributed by atoms with E-state index in [1.165, 1.54) is 17.5 Å². The van der Waals surface area contributed by atoms with Gasteiger partial charge in [-0.3, -0.25) is 14.3 Å². The molecule has 26 heavy (non-hydrogen) atoms. The van der Waals surface area contributed by atoms with Crippen LogP contribution in [0.1, 0.15) is 53.1 Å². The first-order valence-corrected chi connectivity index (χ1v) is 9.24. The molecule has 1 saturated heterocycles. The number of aromatic nitrogens is 2. The lowest BCUT2D eigenvalue weighted by Crippen LogP contribution is -2.31. The average molecular weight is 357 g/mol. The van der Waals surface area contributed by atoms with E-state index in [-0.39, 0.29) is 12.5 Å². The quantitative estimate of drug-likeness (QED) is 0.912. The average Bonchev–Trinajstić information content (AvgIpc) is 3.01. The maximum atomic E-state index is 13.0. The van der Waals surface area contributed by atoms with Crippen molar-refractivity contribution < 1.29 is 19.1 Å².